The summed E-state index contributed by atoms with van der Waals surface area (Å²) in [6.07, 6.45) is 0. The van der Waals surface area contributed by atoms with Crippen LogP contribution in [-0.2, 0) is 0 Å². The fourth-order valence-corrected chi connectivity index (χ4v) is 11.4. The number of rotatable bonds is 7. The predicted octanol–water partition coefficient (Wildman–Crippen LogP) is 17.9. The predicted molar refractivity (Wildman–Crippen MR) is 280 cm³/mol. The van der Waals surface area contributed by atoms with Gasteiger partial charge in [0.2, 0.25) is 0 Å². The van der Waals surface area contributed by atoms with E-state index in [9.17, 15) is 0 Å². The summed E-state index contributed by atoms with van der Waals surface area (Å²) in [5.74, 6) is 0. The summed E-state index contributed by atoms with van der Waals surface area (Å²) >= 11 is 1.88. The van der Waals surface area contributed by atoms with Crippen molar-refractivity contribution in [3.8, 4) is 39.1 Å². The summed E-state index contributed by atoms with van der Waals surface area (Å²) in [6, 6.07) is 88.9. The first kappa shape index (κ1) is 37.3. The second-order valence-corrected chi connectivity index (χ2v) is 17.9. The number of fused-ring (bicyclic) bond motifs is 8. The molecule has 0 radical (unpaired) electrons. The Bertz CT molecular complexity index is 3930. The Morgan fingerprint density at radius 2 is 0.938 bits per heavy atom. The number of thiophene rings is 1. The van der Waals surface area contributed by atoms with Gasteiger partial charge < -0.3 is 9.47 Å². The third kappa shape index (κ3) is 6.16. The van der Waals surface area contributed by atoms with E-state index in [0.717, 1.165) is 17.1 Å². The standard InChI is InChI=1S/C62H40N2S/c1-2-15-44(16-3-1)52-38-39-58(61-54-22-9-11-27-59(54)65-62(52)61)63(48-34-30-42(31-35-48)47-29-28-41-14-4-5-18-46(41)40-47)49-36-32-45(33-37-49)51-23-13-26-57-60(51)53-21-8-10-24-56(53)64(57)55-25-12-19-43-17-6-7-20-50(43)55/h1-40H. The number of para-hydroxylation sites is 1. The SMILES string of the molecule is c1ccc(-c2ccc(N(c3ccc(-c4ccc5ccccc5c4)cc3)c3ccc(-c4cccc5c4c4ccccc4n5-c4cccc5ccccc45)cc3)c3c2sc2ccccc23)cc1. The summed E-state index contributed by atoms with van der Waals surface area (Å²) in [6.45, 7) is 0. The largest absolute Gasteiger partial charge is 0.310 e. The van der Waals surface area contributed by atoms with Gasteiger partial charge >= 0.3 is 0 Å². The van der Waals surface area contributed by atoms with Crippen LogP contribution < -0.4 is 4.90 Å². The minimum atomic E-state index is 1.10. The lowest BCUT2D eigenvalue weighted by molar-refractivity contribution is 1.20. The quantitative estimate of drug-likeness (QED) is 0.155. The molecule has 0 bridgehead atoms. The first-order valence-corrected chi connectivity index (χ1v) is 23.1. The van der Waals surface area contributed by atoms with Crippen molar-refractivity contribution in [2.24, 2.45) is 0 Å². The first-order chi connectivity index (χ1) is 32.2. The van der Waals surface area contributed by atoms with E-state index in [1.807, 2.05) is 11.3 Å². The maximum Gasteiger partial charge on any atom is 0.0555 e. The van der Waals surface area contributed by atoms with Crippen molar-refractivity contribution in [2.45, 2.75) is 0 Å². The fraction of sp³-hybridized carbons (Fsp3) is 0. The molecule has 0 atom stereocenters. The molecule has 0 unspecified atom stereocenters. The second kappa shape index (κ2) is 15.2. The van der Waals surface area contributed by atoms with Crippen molar-refractivity contribution in [1.82, 2.24) is 4.57 Å². The van der Waals surface area contributed by atoms with E-state index in [0.29, 0.717) is 0 Å². The van der Waals surface area contributed by atoms with Crippen LogP contribution in [0.2, 0.25) is 0 Å². The summed E-state index contributed by atoms with van der Waals surface area (Å²) in [5, 5.41) is 10.0. The first-order valence-electron chi connectivity index (χ1n) is 22.2. The molecule has 0 N–H and O–H groups in total. The Hall–Kier alpha value is -8.24. The summed E-state index contributed by atoms with van der Waals surface area (Å²) in [5.41, 5.74) is 14.2. The number of benzene rings is 11. The summed E-state index contributed by atoms with van der Waals surface area (Å²) < 4.78 is 5.02. The van der Waals surface area contributed by atoms with E-state index < -0.39 is 0 Å². The number of hydrogen-bond acceptors (Lipinski definition) is 2. The van der Waals surface area contributed by atoms with Gasteiger partial charge in [0.15, 0.2) is 0 Å². The van der Waals surface area contributed by atoms with Crippen LogP contribution in [-0.4, -0.2) is 4.57 Å². The molecule has 2 aromatic heterocycles. The van der Waals surface area contributed by atoms with Crippen molar-refractivity contribution in [3.63, 3.8) is 0 Å². The lowest BCUT2D eigenvalue weighted by Gasteiger charge is -2.27. The second-order valence-electron chi connectivity index (χ2n) is 16.8. The highest BCUT2D eigenvalue weighted by Gasteiger charge is 2.22. The molecule has 2 heterocycles. The van der Waals surface area contributed by atoms with E-state index in [-0.39, 0.29) is 0 Å². The number of nitrogens with zero attached hydrogens (tertiary/aromatic N) is 2. The Balaban J connectivity index is 0.988. The van der Waals surface area contributed by atoms with Crippen molar-refractivity contribution < 1.29 is 0 Å². The fourth-order valence-electron chi connectivity index (χ4n) is 10.2. The van der Waals surface area contributed by atoms with Gasteiger partial charge in [-0.1, -0.05) is 182 Å². The van der Waals surface area contributed by atoms with E-state index in [4.69, 9.17) is 0 Å². The minimum Gasteiger partial charge on any atom is -0.310 e. The molecule has 65 heavy (non-hydrogen) atoms. The molecule has 13 rings (SSSR count). The molecule has 3 heteroatoms. The van der Waals surface area contributed by atoms with Gasteiger partial charge in [0.05, 0.1) is 22.4 Å². The third-order valence-corrected chi connectivity index (χ3v) is 14.4. The molecule has 0 spiro atoms. The van der Waals surface area contributed by atoms with Crippen molar-refractivity contribution in [2.75, 3.05) is 4.90 Å². The van der Waals surface area contributed by atoms with E-state index in [1.54, 1.807) is 0 Å². The number of aromatic nitrogens is 1. The average molecular weight is 845 g/mol. The highest BCUT2D eigenvalue weighted by atomic mass is 32.1. The van der Waals surface area contributed by atoms with E-state index in [2.05, 4.69) is 252 Å². The van der Waals surface area contributed by atoms with Crippen LogP contribution in [0.25, 0.3) is 103 Å². The zero-order valence-electron chi connectivity index (χ0n) is 35.4. The zero-order valence-corrected chi connectivity index (χ0v) is 36.2. The number of hydrogen-bond donors (Lipinski definition) is 0. The zero-order chi connectivity index (χ0) is 42.8. The average Bonchev–Trinajstić information content (AvgIpc) is 3.94. The van der Waals surface area contributed by atoms with Crippen LogP contribution in [0.3, 0.4) is 0 Å². The smallest absolute Gasteiger partial charge is 0.0555 e. The molecule has 0 saturated heterocycles. The van der Waals surface area contributed by atoms with Gasteiger partial charge in [-0.2, -0.15) is 0 Å². The molecular formula is C62H40N2S. The van der Waals surface area contributed by atoms with Crippen molar-refractivity contribution in [3.05, 3.63) is 243 Å². The van der Waals surface area contributed by atoms with Crippen LogP contribution in [0, 0.1) is 0 Å². The molecule has 0 fully saturated rings. The Morgan fingerprint density at radius 3 is 1.75 bits per heavy atom. The van der Waals surface area contributed by atoms with E-state index in [1.165, 1.54) is 103 Å². The van der Waals surface area contributed by atoms with Gasteiger partial charge in [-0.15, -0.1) is 11.3 Å². The molecule has 13 aromatic rings. The molecule has 0 aliphatic rings. The van der Waals surface area contributed by atoms with Gasteiger partial charge in [-0.25, -0.2) is 0 Å². The Kier molecular flexibility index (Phi) is 8.75. The molecule has 304 valence electrons. The van der Waals surface area contributed by atoms with Gasteiger partial charge in [-0.05, 0) is 110 Å². The maximum atomic E-state index is 2.46. The van der Waals surface area contributed by atoms with Gasteiger partial charge in [0, 0.05) is 47.7 Å². The molecule has 11 aromatic carbocycles. The third-order valence-electron chi connectivity index (χ3n) is 13.2. The highest BCUT2D eigenvalue weighted by molar-refractivity contribution is 7.26. The molecule has 0 aliphatic carbocycles. The summed E-state index contributed by atoms with van der Waals surface area (Å²) in [4.78, 5) is 2.46. The minimum absolute atomic E-state index is 1.10. The molecular weight excluding hydrogens is 805 g/mol. The van der Waals surface area contributed by atoms with Crippen LogP contribution in [0.1, 0.15) is 0 Å². The topological polar surface area (TPSA) is 8.17 Å². The van der Waals surface area contributed by atoms with Crippen molar-refractivity contribution in [1.29, 1.82) is 0 Å². The highest BCUT2D eigenvalue weighted by Crippen LogP contribution is 2.49. The summed E-state index contributed by atoms with van der Waals surface area (Å²) in [7, 11) is 0. The van der Waals surface area contributed by atoms with Crippen LogP contribution >= 0.6 is 11.3 Å². The molecule has 0 aliphatic heterocycles. The van der Waals surface area contributed by atoms with Crippen molar-refractivity contribution >= 4 is 91.9 Å². The van der Waals surface area contributed by atoms with Crippen LogP contribution in [0.5, 0.6) is 0 Å². The number of anilines is 3. The van der Waals surface area contributed by atoms with Crippen LogP contribution in [0.4, 0.5) is 17.1 Å². The Morgan fingerprint density at radius 1 is 0.338 bits per heavy atom. The van der Waals surface area contributed by atoms with Crippen LogP contribution in [0.15, 0.2) is 243 Å². The lowest BCUT2D eigenvalue weighted by Crippen LogP contribution is -2.10. The Labute approximate surface area is 381 Å². The molecule has 2 nitrogen and oxygen atoms in total. The van der Waals surface area contributed by atoms with Gasteiger partial charge in [-0.3, -0.25) is 0 Å². The normalized spacial score (nSPS) is 11.7. The maximum absolute atomic E-state index is 2.46. The monoisotopic (exact) mass is 844 g/mol. The molecule has 0 amide bonds. The van der Waals surface area contributed by atoms with E-state index >= 15 is 0 Å². The molecule has 0 saturated carbocycles. The van der Waals surface area contributed by atoms with Gasteiger partial charge in [0.25, 0.3) is 0 Å². The van der Waals surface area contributed by atoms with Gasteiger partial charge in [0.1, 0.15) is 0 Å². The lowest BCUT2D eigenvalue weighted by atomic mass is 9.98.